The maximum atomic E-state index is 13.5. The van der Waals surface area contributed by atoms with E-state index in [0.717, 1.165) is 4.47 Å². The van der Waals surface area contributed by atoms with Crippen LogP contribution in [0.5, 0.6) is 5.75 Å². The average molecular weight is 350 g/mol. The summed E-state index contributed by atoms with van der Waals surface area (Å²) in [5.41, 5.74) is 1.27. The van der Waals surface area contributed by atoms with Crippen molar-refractivity contribution in [1.29, 1.82) is 0 Å². The van der Waals surface area contributed by atoms with E-state index in [0.29, 0.717) is 11.3 Å². The highest BCUT2D eigenvalue weighted by Gasteiger charge is 2.02. The van der Waals surface area contributed by atoms with Gasteiger partial charge in [0.15, 0.2) is 11.6 Å². The SMILES string of the molecule is COc1ccc(/C=C/C(=O)Nc2ccc(Br)cc2)cc1F. The summed E-state index contributed by atoms with van der Waals surface area (Å²) in [4.78, 5) is 11.8. The van der Waals surface area contributed by atoms with Gasteiger partial charge >= 0.3 is 0 Å². The van der Waals surface area contributed by atoms with Crippen LogP contribution in [-0.2, 0) is 4.79 Å². The Morgan fingerprint density at radius 3 is 2.57 bits per heavy atom. The van der Waals surface area contributed by atoms with Crippen molar-refractivity contribution < 1.29 is 13.9 Å². The Balaban J connectivity index is 2.01. The van der Waals surface area contributed by atoms with Gasteiger partial charge in [-0.15, -0.1) is 0 Å². The number of carbonyl (C=O) groups excluding carboxylic acids is 1. The van der Waals surface area contributed by atoms with Crippen LogP contribution in [0, 0.1) is 5.82 Å². The van der Waals surface area contributed by atoms with Crippen molar-refractivity contribution in [3.8, 4) is 5.75 Å². The van der Waals surface area contributed by atoms with Gasteiger partial charge in [-0.05, 0) is 48.0 Å². The van der Waals surface area contributed by atoms with Gasteiger partial charge in [0.05, 0.1) is 7.11 Å². The second-order valence-corrected chi connectivity index (χ2v) is 5.14. The molecule has 1 N–H and O–H groups in total. The first-order valence-corrected chi connectivity index (χ1v) is 6.96. The van der Waals surface area contributed by atoms with Crippen LogP contribution in [0.15, 0.2) is 53.0 Å². The molecule has 2 aromatic carbocycles. The van der Waals surface area contributed by atoms with Crippen LogP contribution in [0.4, 0.5) is 10.1 Å². The summed E-state index contributed by atoms with van der Waals surface area (Å²) >= 11 is 3.32. The monoisotopic (exact) mass is 349 g/mol. The van der Waals surface area contributed by atoms with E-state index >= 15 is 0 Å². The zero-order valence-corrected chi connectivity index (χ0v) is 12.9. The Bertz CT molecular complexity index is 668. The molecular formula is C16H13BrFNO2. The van der Waals surface area contributed by atoms with Gasteiger partial charge in [0, 0.05) is 16.2 Å². The summed E-state index contributed by atoms with van der Waals surface area (Å²) in [6.45, 7) is 0. The maximum absolute atomic E-state index is 13.5. The number of amides is 1. The smallest absolute Gasteiger partial charge is 0.248 e. The number of anilines is 1. The van der Waals surface area contributed by atoms with E-state index in [4.69, 9.17) is 4.74 Å². The first-order chi connectivity index (χ1) is 10.1. The predicted octanol–water partition coefficient (Wildman–Crippen LogP) is 4.25. The summed E-state index contributed by atoms with van der Waals surface area (Å²) in [5, 5.41) is 2.71. The lowest BCUT2D eigenvalue weighted by Gasteiger charge is -2.03. The van der Waals surface area contributed by atoms with Crippen LogP contribution in [0.2, 0.25) is 0 Å². The minimum atomic E-state index is -0.465. The lowest BCUT2D eigenvalue weighted by molar-refractivity contribution is -0.111. The van der Waals surface area contributed by atoms with E-state index in [9.17, 15) is 9.18 Å². The zero-order chi connectivity index (χ0) is 15.2. The zero-order valence-electron chi connectivity index (χ0n) is 11.3. The second-order valence-electron chi connectivity index (χ2n) is 4.22. The van der Waals surface area contributed by atoms with Crippen molar-refractivity contribution in [2.24, 2.45) is 0 Å². The molecule has 1 amide bonds. The number of hydrogen-bond donors (Lipinski definition) is 1. The van der Waals surface area contributed by atoms with Crippen molar-refractivity contribution >= 4 is 33.6 Å². The number of carbonyl (C=O) groups is 1. The second kappa shape index (κ2) is 7.04. The summed E-state index contributed by atoms with van der Waals surface area (Å²) < 4.78 is 19.3. The number of methoxy groups -OCH3 is 1. The van der Waals surface area contributed by atoms with Gasteiger partial charge < -0.3 is 10.1 Å². The van der Waals surface area contributed by atoms with Crippen molar-refractivity contribution in [1.82, 2.24) is 0 Å². The van der Waals surface area contributed by atoms with Crippen molar-refractivity contribution in [3.63, 3.8) is 0 Å². The van der Waals surface area contributed by atoms with Gasteiger partial charge in [-0.2, -0.15) is 0 Å². The molecule has 0 aliphatic carbocycles. The van der Waals surface area contributed by atoms with E-state index in [2.05, 4.69) is 21.2 Å². The molecule has 0 atom stereocenters. The minimum Gasteiger partial charge on any atom is -0.494 e. The van der Waals surface area contributed by atoms with E-state index in [-0.39, 0.29) is 11.7 Å². The molecule has 5 heteroatoms. The Labute approximate surface area is 130 Å². The number of ether oxygens (including phenoxy) is 1. The third-order valence-electron chi connectivity index (χ3n) is 2.71. The Kier molecular flexibility index (Phi) is 5.11. The number of nitrogens with one attached hydrogen (secondary N) is 1. The summed E-state index contributed by atoms with van der Waals surface area (Å²) in [6, 6.07) is 11.7. The molecular weight excluding hydrogens is 337 g/mol. The van der Waals surface area contributed by atoms with Gasteiger partial charge in [0.2, 0.25) is 5.91 Å². The third kappa shape index (κ3) is 4.43. The average Bonchev–Trinajstić information content (AvgIpc) is 2.48. The van der Waals surface area contributed by atoms with Crippen molar-refractivity contribution in [3.05, 3.63) is 64.4 Å². The van der Waals surface area contributed by atoms with E-state index in [1.807, 2.05) is 12.1 Å². The summed E-state index contributed by atoms with van der Waals surface area (Å²) in [5.74, 6) is -0.576. The van der Waals surface area contributed by atoms with Crippen LogP contribution < -0.4 is 10.1 Å². The molecule has 0 radical (unpaired) electrons. The lowest BCUT2D eigenvalue weighted by Crippen LogP contribution is -2.07. The number of benzene rings is 2. The first kappa shape index (κ1) is 15.3. The molecule has 0 aromatic heterocycles. The molecule has 0 unspecified atom stereocenters. The number of rotatable bonds is 4. The van der Waals surface area contributed by atoms with Gasteiger partial charge in [-0.3, -0.25) is 4.79 Å². The fourth-order valence-corrected chi connectivity index (χ4v) is 1.94. The quantitative estimate of drug-likeness (QED) is 0.838. The normalized spacial score (nSPS) is 10.6. The van der Waals surface area contributed by atoms with Crippen LogP contribution in [-0.4, -0.2) is 13.0 Å². The number of hydrogen-bond acceptors (Lipinski definition) is 2. The minimum absolute atomic E-state index is 0.173. The topological polar surface area (TPSA) is 38.3 Å². The molecule has 0 aliphatic heterocycles. The molecule has 0 bridgehead atoms. The molecule has 108 valence electrons. The molecule has 3 nitrogen and oxygen atoms in total. The van der Waals surface area contributed by atoms with Crippen LogP contribution in [0.1, 0.15) is 5.56 Å². The number of halogens is 2. The highest BCUT2D eigenvalue weighted by atomic mass is 79.9. The Morgan fingerprint density at radius 1 is 1.24 bits per heavy atom. The van der Waals surface area contributed by atoms with E-state index in [1.54, 1.807) is 18.2 Å². The fraction of sp³-hybridized carbons (Fsp3) is 0.0625. The standard InChI is InChI=1S/C16H13BrFNO2/c1-21-15-8-2-11(10-14(15)18)3-9-16(20)19-13-6-4-12(17)5-7-13/h2-10H,1H3,(H,19,20)/b9-3+. The maximum Gasteiger partial charge on any atom is 0.248 e. The largest absolute Gasteiger partial charge is 0.494 e. The van der Waals surface area contributed by atoms with E-state index in [1.165, 1.54) is 31.4 Å². The highest BCUT2D eigenvalue weighted by Crippen LogP contribution is 2.18. The predicted molar refractivity (Wildman–Crippen MR) is 84.8 cm³/mol. The highest BCUT2D eigenvalue weighted by molar-refractivity contribution is 9.10. The van der Waals surface area contributed by atoms with Crippen molar-refractivity contribution in [2.45, 2.75) is 0 Å². The molecule has 0 aliphatic rings. The summed E-state index contributed by atoms with van der Waals surface area (Å²) in [7, 11) is 1.40. The molecule has 0 saturated carbocycles. The van der Waals surface area contributed by atoms with Gasteiger partial charge in [0.25, 0.3) is 0 Å². The summed E-state index contributed by atoms with van der Waals surface area (Å²) in [6.07, 6.45) is 2.89. The van der Waals surface area contributed by atoms with Crippen molar-refractivity contribution in [2.75, 3.05) is 12.4 Å². The lowest BCUT2D eigenvalue weighted by atomic mass is 10.2. The Hall–Kier alpha value is -2.14. The van der Waals surface area contributed by atoms with Crippen LogP contribution in [0.25, 0.3) is 6.08 Å². The van der Waals surface area contributed by atoms with Gasteiger partial charge in [-0.1, -0.05) is 22.0 Å². The fourth-order valence-electron chi connectivity index (χ4n) is 1.68. The first-order valence-electron chi connectivity index (χ1n) is 6.16. The molecule has 2 rings (SSSR count). The molecule has 2 aromatic rings. The molecule has 0 heterocycles. The van der Waals surface area contributed by atoms with Crippen LogP contribution >= 0.6 is 15.9 Å². The van der Waals surface area contributed by atoms with Gasteiger partial charge in [-0.25, -0.2) is 4.39 Å². The van der Waals surface area contributed by atoms with Crippen LogP contribution in [0.3, 0.4) is 0 Å². The van der Waals surface area contributed by atoms with E-state index < -0.39 is 5.82 Å². The Morgan fingerprint density at radius 2 is 1.95 bits per heavy atom. The third-order valence-corrected chi connectivity index (χ3v) is 3.24. The molecule has 21 heavy (non-hydrogen) atoms. The molecule has 0 fully saturated rings. The van der Waals surface area contributed by atoms with Gasteiger partial charge in [0.1, 0.15) is 0 Å². The molecule has 0 spiro atoms. The molecule has 0 saturated heterocycles.